The van der Waals surface area contributed by atoms with E-state index in [1.165, 1.54) is 10.5 Å². The Bertz CT molecular complexity index is 669. The van der Waals surface area contributed by atoms with Crippen LogP contribution in [0.5, 0.6) is 0 Å². The van der Waals surface area contributed by atoms with Crippen molar-refractivity contribution >= 4 is 11.9 Å². The third-order valence-electron chi connectivity index (χ3n) is 6.07. The molecule has 0 bridgehead atoms. The third-order valence-corrected chi connectivity index (χ3v) is 6.07. The number of carbonyl (C=O) groups is 2. The quantitative estimate of drug-likeness (QED) is 0.776. The number of amides is 3. The molecule has 1 spiro atoms. The van der Waals surface area contributed by atoms with Crippen LogP contribution in [0.3, 0.4) is 0 Å². The summed E-state index contributed by atoms with van der Waals surface area (Å²) in [7, 11) is 0. The molecule has 0 aromatic heterocycles. The van der Waals surface area contributed by atoms with E-state index in [4.69, 9.17) is 0 Å². The molecule has 6 heteroatoms. The number of urea groups is 1. The number of hydrogen-bond acceptors (Lipinski definition) is 4. The number of rotatable bonds is 6. The molecule has 2 aliphatic heterocycles. The zero-order valence-corrected chi connectivity index (χ0v) is 16.6. The SMILES string of the molecule is CC(CO)N1CCC2(CC1)C(=O)N(C(C)C)C(=O)N2CCc1ccccc1. The lowest BCUT2D eigenvalue weighted by Gasteiger charge is -2.43. The smallest absolute Gasteiger partial charge is 0.327 e. The van der Waals surface area contributed by atoms with Crippen molar-refractivity contribution < 1.29 is 14.7 Å². The maximum atomic E-state index is 13.3. The van der Waals surface area contributed by atoms with Gasteiger partial charge in [-0.05, 0) is 45.6 Å². The Labute approximate surface area is 161 Å². The molecule has 2 heterocycles. The molecular formula is C21H31N3O3. The molecule has 148 valence electrons. The lowest BCUT2D eigenvalue weighted by atomic mass is 9.85. The molecule has 3 amide bonds. The second kappa shape index (κ2) is 7.98. The van der Waals surface area contributed by atoms with E-state index in [1.807, 2.05) is 43.9 Å². The van der Waals surface area contributed by atoms with Gasteiger partial charge in [0.25, 0.3) is 5.91 Å². The van der Waals surface area contributed by atoms with Gasteiger partial charge < -0.3 is 10.0 Å². The summed E-state index contributed by atoms with van der Waals surface area (Å²) in [4.78, 5) is 31.9. The van der Waals surface area contributed by atoms with Gasteiger partial charge in [0.05, 0.1) is 6.61 Å². The molecule has 2 fully saturated rings. The first-order valence-corrected chi connectivity index (χ1v) is 9.95. The minimum absolute atomic E-state index is 0.0492. The lowest BCUT2D eigenvalue weighted by molar-refractivity contribution is -0.137. The molecule has 1 aromatic carbocycles. The second-order valence-electron chi connectivity index (χ2n) is 8.04. The fraction of sp³-hybridized carbons (Fsp3) is 0.619. The summed E-state index contributed by atoms with van der Waals surface area (Å²) in [5.41, 5.74) is 0.434. The van der Waals surface area contributed by atoms with E-state index in [1.54, 1.807) is 0 Å². The van der Waals surface area contributed by atoms with Crippen LogP contribution in [-0.2, 0) is 11.2 Å². The number of likely N-dealkylation sites (tertiary alicyclic amines) is 1. The minimum Gasteiger partial charge on any atom is -0.395 e. The Morgan fingerprint density at radius 1 is 1.07 bits per heavy atom. The Kier molecular flexibility index (Phi) is 5.86. The van der Waals surface area contributed by atoms with Crippen molar-refractivity contribution in [3.8, 4) is 0 Å². The van der Waals surface area contributed by atoms with Gasteiger partial charge >= 0.3 is 6.03 Å². The van der Waals surface area contributed by atoms with Crippen LogP contribution in [0, 0.1) is 0 Å². The normalized spacial score (nSPS) is 21.5. The number of piperidine rings is 1. The van der Waals surface area contributed by atoms with Gasteiger partial charge in [0.15, 0.2) is 0 Å². The summed E-state index contributed by atoms with van der Waals surface area (Å²) < 4.78 is 0. The van der Waals surface area contributed by atoms with E-state index in [-0.39, 0.29) is 30.6 Å². The van der Waals surface area contributed by atoms with Gasteiger partial charge in [0.2, 0.25) is 0 Å². The highest BCUT2D eigenvalue weighted by Gasteiger charge is 2.58. The van der Waals surface area contributed by atoms with Crippen LogP contribution in [0.2, 0.25) is 0 Å². The van der Waals surface area contributed by atoms with Crippen molar-refractivity contribution in [2.24, 2.45) is 0 Å². The fourth-order valence-corrected chi connectivity index (χ4v) is 4.32. The summed E-state index contributed by atoms with van der Waals surface area (Å²) in [6, 6.07) is 9.87. The molecule has 6 nitrogen and oxygen atoms in total. The molecule has 2 saturated heterocycles. The highest BCUT2D eigenvalue weighted by molar-refractivity contribution is 6.07. The monoisotopic (exact) mass is 373 g/mol. The van der Waals surface area contributed by atoms with Gasteiger partial charge in [-0.3, -0.25) is 14.6 Å². The first-order chi connectivity index (χ1) is 12.9. The predicted octanol–water partition coefficient (Wildman–Crippen LogP) is 2.12. The van der Waals surface area contributed by atoms with Gasteiger partial charge in [-0.1, -0.05) is 30.3 Å². The average Bonchev–Trinajstić information content (AvgIpc) is 2.87. The molecule has 27 heavy (non-hydrogen) atoms. The highest BCUT2D eigenvalue weighted by Crippen LogP contribution is 2.38. The number of nitrogens with zero attached hydrogens (tertiary/aromatic N) is 3. The van der Waals surface area contributed by atoms with Crippen LogP contribution in [-0.4, -0.2) is 75.6 Å². The van der Waals surface area contributed by atoms with E-state index in [0.29, 0.717) is 32.5 Å². The van der Waals surface area contributed by atoms with Gasteiger partial charge in [0, 0.05) is 31.7 Å². The molecule has 1 unspecified atom stereocenters. The Morgan fingerprint density at radius 3 is 2.26 bits per heavy atom. The molecule has 3 rings (SSSR count). The Morgan fingerprint density at radius 2 is 1.70 bits per heavy atom. The average molecular weight is 373 g/mol. The molecule has 1 N–H and O–H groups in total. The molecular weight excluding hydrogens is 342 g/mol. The standard InChI is InChI=1S/C21H31N3O3/c1-16(2)24-19(26)21(10-13-22(14-11-21)17(3)15-25)23(20(24)27)12-9-18-7-5-4-6-8-18/h4-8,16-17,25H,9-15H2,1-3H3. The first kappa shape index (κ1) is 19.8. The third kappa shape index (κ3) is 3.60. The number of benzene rings is 1. The molecule has 1 atom stereocenters. The number of aliphatic hydroxyl groups is 1. The van der Waals surface area contributed by atoms with Gasteiger partial charge in [0.1, 0.15) is 5.54 Å². The molecule has 0 radical (unpaired) electrons. The molecule has 0 aliphatic carbocycles. The van der Waals surface area contributed by atoms with Crippen LogP contribution in [0.4, 0.5) is 4.79 Å². The Hall–Kier alpha value is -1.92. The summed E-state index contributed by atoms with van der Waals surface area (Å²) in [6.45, 7) is 7.87. The first-order valence-electron chi connectivity index (χ1n) is 9.95. The summed E-state index contributed by atoms with van der Waals surface area (Å²) in [5, 5.41) is 9.43. The van der Waals surface area contributed by atoms with Crippen molar-refractivity contribution in [3.63, 3.8) is 0 Å². The highest BCUT2D eigenvalue weighted by atomic mass is 16.3. The molecule has 1 aromatic rings. The maximum Gasteiger partial charge on any atom is 0.327 e. The Balaban J connectivity index is 1.82. The van der Waals surface area contributed by atoms with Crippen LogP contribution in [0.25, 0.3) is 0 Å². The number of carbonyl (C=O) groups excluding carboxylic acids is 2. The van der Waals surface area contributed by atoms with Crippen molar-refractivity contribution in [3.05, 3.63) is 35.9 Å². The van der Waals surface area contributed by atoms with Crippen molar-refractivity contribution in [1.29, 1.82) is 0 Å². The molecule has 2 aliphatic rings. The van der Waals surface area contributed by atoms with Gasteiger partial charge in [-0.15, -0.1) is 0 Å². The van der Waals surface area contributed by atoms with Crippen molar-refractivity contribution in [1.82, 2.24) is 14.7 Å². The van der Waals surface area contributed by atoms with E-state index in [9.17, 15) is 14.7 Å². The summed E-state index contributed by atoms with van der Waals surface area (Å²) >= 11 is 0. The number of aliphatic hydroxyl groups excluding tert-OH is 1. The van der Waals surface area contributed by atoms with Crippen LogP contribution in [0.1, 0.15) is 39.2 Å². The van der Waals surface area contributed by atoms with Crippen molar-refractivity contribution in [2.45, 2.75) is 57.7 Å². The topological polar surface area (TPSA) is 64.1 Å². The van der Waals surface area contributed by atoms with Gasteiger partial charge in [-0.2, -0.15) is 0 Å². The van der Waals surface area contributed by atoms with E-state index in [0.717, 1.165) is 6.42 Å². The van der Waals surface area contributed by atoms with Crippen LogP contribution >= 0.6 is 0 Å². The fourth-order valence-electron chi connectivity index (χ4n) is 4.32. The predicted molar refractivity (Wildman–Crippen MR) is 104 cm³/mol. The maximum absolute atomic E-state index is 13.3. The van der Waals surface area contributed by atoms with E-state index < -0.39 is 5.54 Å². The minimum atomic E-state index is -0.734. The van der Waals surface area contributed by atoms with Crippen molar-refractivity contribution in [2.75, 3.05) is 26.2 Å². The largest absolute Gasteiger partial charge is 0.395 e. The van der Waals surface area contributed by atoms with E-state index >= 15 is 0 Å². The second-order valence-corrected chi connectivity index (χ2v) is 8.04. The number of hydrogen-bond donors (Lipinski definition) is 1. The van der Waals surface area contributed by atoms with E-state index in [2.05, 4.69) is 17.0 Å². The van der Waals surface area contributed by atoms with Gasteiger partial charge in [-0.25, -0.2) is 4.79 Å². The summed E-state index contributed by atoms with van der Waals surface area (Å²) in [5.74, 6) is -0.0492. The molecule has 0 saturated carbocycles. The zero-order chi connectivity index (χ0) is 19.6. The van der Waals surface area contributed by atoms with Crippen LogP contribution < -0.4 is 0 Å². The zero-order valence-electron chi connectivity index (χ0n) is 16.6. The van der Waals surface area contributed by atoms with Crippen LogP contribution in [0.15, 0.2) is 30.3 Å². The summed E-state index contributed by atoms with van der Waals surface area (Å²) in [6.07, 6.45) is 1.99. The number of imide groups is 1. The lowest BCUT2D eigenvalue weighted by Crippen LogP contribution is -2.58.